The fourth-order valence-corrected chi connectivity index (χ4v) is 3.45. The zero-order valence-electron chi connectivity index (χ0n) is 11.7. The molecular weight excluding hydrogens is 250 g/mol. The molecule has 4 nitrogen and oxygen atoms in total. The van der Waals surface area contributed by atoms with Crippen LogP contribution in [0.1, 0.15) is 41.6 Å². The fraction of sp³-hybridized carbons (Fsp3) is 0.500. The molecule has 1 saturated heterocycles. The predicted octanol–water partition coefficient (Wildman–Crippen LogP) is 2.27. The summed E-state index contributed by atoms with van der Waals surface area (Å²) < 4.78 is 5.53. The molecule has 20 heavy (non-hydrogen) atoms. The first-order chi connectivity index (χ1) is 9.81. The Morgan fingerprint density at radius 1 is 1.15 bits per heavy atom. The molecule has 2 aromatic rings. The lowest BCUT2D eigenvalue weighted by atomic mass is 9.98. The zero-order chi connectivity index (χ0) is 13.5. The first-order valence-electron chi connectivity index (χ1n) is 7.42. The Labute approximate surface area is 118 Å². The summed E-state index contributed by atoms with van der Waals surface area (Å²) in [4.78, 5) is 4.69. The maximum atomic E-state index is 5.53. The van der Waals surface area contributed by atoms with Gasteiger partial charge in [-0.15, -0.1) is 0 Å². The van der Waals surface area contributed by atoms with Crippen LogP contribution in [-0.2, 0) is 12.8 Å². The molecule has 2 atom stereocenters. The summed E-state index contributed by atoms with van der Waals surface area (Å²) >= 11 is 0. The molecule has 0 amide bonds. The molecule has 1 N–H and O–H groups in total. The van der Waals surface area contributed by atoms with Crippen LogP contribution in [0.15, 0.2) is 28.8 Å². The Morgan fingerprint density at radius 3 is 2.55 bits per heavy atom. The van der Waals surface area contributed by atoms with Gasteiger partial charge in [-0.3, -0.25) is 0 Å². The summed E-state index contributed by atoms with van der Waals surface area (Å²) in [6.45, 7) is 4.23. The molecule has 0 bridgehead atoms. The van der Waals surface area contributed by atoms with Crippen LogP contribution in [0.5, 0.6) is 0 Å². The van der Waals surface area contributed by atoms with Gasteiger partial charge in [0.1, 0.15) is 0 Å². The standard InChI is InChI=1S/C16H19N3O/c1-10-8-17-9-14(10)16-18-15(19-20-16)13-6-11-4-2-3-5-12(11)7-13/h2-5,10,13-14,17H,6-9H2,1H3/t10-,14-/m1/s1. The number of benzene rings is 1. The topological polar surface area (TPSA) is 51.0 Å². The molecule has 1 fully saturated rings. The number of aromatic nitrogens is 2. The van der Waals surface area contributed by atoms with Crippen molar-refractivity contribution in [2.45, 2.75) is 31.6 Å². The van der Waals surface area contributed by atoms with Crippen LogP contribution >= 0.6 is 0 Å². The number of nitrogens with one attached hydrogen (secondary N) is 1. The largest absolute Gasteiger partial charge is 0.339 e. The Kier molecular flexibility index (Phi) is 2.84. The minimum Gasteiger partial charge on any atom is -0.339 e. The lowest BCUT2D eigenvalue weighted by Gasteiger charge is -2.07. The average Bonchev–Trinajstić information content (AvgIpc) is 3.15. The number of hydrogen-bond acceptors (Lipinski definition) is 4. The van der Waals surface area contributed by atoms with Crippen molar-refractivity contribution in [3.63, 3.8) is 0 Å². The number of nitrogens with zero attached hydrogens (tertiary/aromatic N) is 2. The van der Waals surface area contributed by atoms with E-state index in [1.165, 1.54) is 11.1 Å². The van der Waals surface area contributed by atoms with Gasteiger partial charge in [0.2, 0.25) is 5.89 Å². The quantitative estimate of drug-likeness (QED) is 0.908. The Balaban J connectivity index is 1.55. The number of rotatable bonds is 2. The third-order valence-corrected chi connectivity index (χ3v) is 4.71. The van der Waals surface area contributed by atoms with E-state index >= 15 is 0 Å². The zero-order valence-corrected chi connectivity index (χ0v) is 11.7. The second kappa shape index (κ2) is 4.70. The Morgan fingerprint density at radius 2 is 1.90 bits per heavy atom. The van der Waals surface area contributed by atoms with E-state index in [1.54, 1.807) is 0 Å². The van der Waals surface area contributed by atoms with E-state index in [0.29, 0.717) is 17.8 Å². The van der Waals surface area contributed by atoms with Gasteiger partial charge in [-0.2, -0.15) is 4.98 Å². The smallest absolute Gasteiger partial charge is 0.231 e. The minimum absolute atomic E-state index is 0.375. The van der Waals surface area contributed by atoms with Crippen molar-refractivity contribution in [3.05, 3.63) is 47.1 Å². The maximum absolute atomic E-state index is 5.53. The molecule has 0 unspecified atom stereocenters. The first-order valence-corrected chi connectivity index (χ1v) is 7.42. The highest BCUT2D eigenvalue weighted by Crippen LogP contribution is 2.34. The summed E-state index contributed by atoms with van der Waals surface area (Å²) in [6, 6.07) is 8.63. The summed E-state index contributed by atoms with van der Waals surface area (Å²) in [7, 11) is 0. The van der Waals surface area contributed by atoms with Gasteiger partial charge in [0.15, 0.2) is 5.82 Å². The van der Waals surface area contributed by atoms with Gasteiger partial charge >= 0.3 is 0 Å². The van der Waals surface area contributed by atoms with Crippen LogP contribution in [0, 0.1) is 5.92 Å². The minimum atomic E-state index is 0.375. The van der Waals surface area contributed by atoms with Gasteiger partial charge < -0.3 is 9.84 Å². The van der Waals surface area contributed by atoms with Gasteiger partial charge in [-0.1, -0.05) is 36.3 Å². The first kappa shape index (κ1) is 12.1. The second-order valence-corrected chi connectivity index (χ2v) is 6.11. The number of hydrogen-bond donors (Lipinski definition) is 1. The molecule has 2 aliphatic rings. The van der Waals surface area contributed by atoms with Gasteiger partial charge in [-0.05, 0) is 36.4 Å². The van der Waals surface area contributed by atoms with Crippen molar-refractivity contribution < 1.29 is 4.52 Å². The molecular formula is C16H19N3O. The van der Waals surface area contributed by atoms with Gasteiger partial charge in [-0.25, -0.2) is 0 Å². The summed E-state index contributed by atoms with van der Waals surface area (Å²) in [6.07, 6.45) is 2.07. The van der Waals surface area contributed by atoms with E-state index in [-0.39, 0.29) is 0 Å². The number of fused-ring (bicyclic) bond motifs is 1. The normalized spacial score (nSPS) is 26.1. The van der Waals surface area contributed by atoms with Crippen molar-refractivity contribution in [1.29, 1.82) is 0 Å². The molecule has 4 heteroatoms. The fourth-order valence-electron chi connectivity index (χ4n) is 3.45. The molecule has 1 aliphatic carbocycles. The van der Waals surface area contributed by atoms with Crippen LogP contribution < -0.4 is 5.32 Å². The molecule has 4 rings (SSSR count). The molecule has 0 spiro atoms. The summed E-state index contributed by atoms with van der Waals surface area (Å²) in [5.41, 5.74) is 2.86. The lowest BCUT2D eigenvalue weighted by molar-refractivity contribution is 0.335. The molecule has 1 aromatic carbocycles. The molecule has 0 radical (unpaired) electrons. The Hall–Kier alpha value is -1.68. The van der Waals surface area contributed by atoms with E-state index in [4.69, 9.17) is 4.52 Å². The van der Waals surface area contributed by atoms with Crippen LogP contribution in [0.2, 0.25) is 0 Å². The molecule has 0 saturated carbocycles. The average molecular weight is 269 g/mol. The highest BCUT2D eigenvalue weighted by atomic mass is 16.5. The van der Waals surface area contributed by atoms with Crippen LogP contribution in [0.4, 0.5) is 0 Å². The van der Waals surface area contributed by atoms with Gasteiger partial charge in [0, 0.05) is 12.5 Å². The van der Waals surface area contributed by atoms with Crippen molar-refractivity contribution in [1.82, 2.24) is 15.5 Å². The van der Waals surface area contributed by atoms with Crippen molar-refractivity contribution in [2.24, 2.45) is 5.92 Å². The third-order valence-electron chi connectivity index (χ3n) is 4.71. The van der Waals surface area contributed by atoms with E-state index in [0.717, 1.165) is 37.6 Å². The summed E-state index contributed by atoms with van der Waals surface area (Å²) in [5, 5.41) is 7.63. The van der Waals surface area contributed by atoms with Gasteiger partial charge in [0.05, 0.1) is 5.92 Å². The Bertz CT molecular complexity index is 597. The predicted molar refractivity (Wildman–Crippen MR) is 75.7 cm³/mol. The molecule has 1 aliphatic heterocycles. The maximum Gasteiger partial charge on any atom is 0.231 e. The lowest BCUT2D eigenvalue weighted by Crippen LogP contribution is -2.09. The highest BCUT2D eigenvalue weighted by molar-refractivity contribution is 5.34. The van der Waals surface area contributed by atoms with Crippen LogP contribution in [-0.4, -0.2) is 23.2 Å². The third kappa shape index (κ3) is 1.95. The van der Waals surface area contributed by atoms with E-state index in [2.05, 4.69) is 46.6 Å². The van der Waals surface area contributed by atoms with Crippen molar-refractivity contribution >= 4 is 0 Å². The van der Waals surface area contributed by atoms with E-state index in [9.17, 15) is 0 Å². The molecule has 2 heterocycles. The molecule has 1 aromatic heterocycles. The van der Waals surface area contributed by atoms with Crippen molar-refractivity contribution in [2.75, 3.05) is 13.1 Å². The van der Waals surface area contributed by atoms with E-state index < -0.39 is 0 Å². The van der Waals surface area contributed by atoms with Crippen molar-refractivity contribution in [3.8, 4) is 0 Å². The second-order valence-electron chi connectivity index (χ2n) is 6.11. The van der Waals surface area contributed by atoms with E-state index in [1.807, 2.05) is 0 Å². The van der Waals surface area contributed by atoms with Crippen LogP contribution in [0.3, 0.4) is 0 Å². The molecule has 104 valence electrons. The van der Waals surface area contributed by atoms with Gasteiger partial charge in [0.25, 0.3) is 0 Å². The summed E-state index contributed by atoms with van der Waals surface area (Å²) in [5.74, 6) is 3.03. The monoisotopic (exact) mass is 269 g/mol. The SMILES string of the molecule is C[C@@H]1CNC[C@H]1c1nc(C2Cc3ccccc3C2)no1. The van der Waals surface area contributed by atoms with Crippen LogP contribution in [0.25, 0.3) is 0 Å². The highest BCUT2D eigenvalue weighted by Gasteiger charge is 2.32.